The van der Waals surface area contributed by atoms with E-state index in [9.17, 15) is 4.79 Å². The number of likely N-dealkylation sites (tertiary alicyclic amines) is 1. The minimum atomic E-state index is -0.225. The van der Waals surface area contributed by atoms with Crippen molar-refractivity contribution < 1.29 is 9.32 Å². The van der Waals surface area contributed by atoms with E-state index in [2.05, 4.69) is 27.5 Å². The van der Waals surface area contributed by atoms with Crippen LogP contribution in [0.1, 0.15) is 45.8 Å². The first-order chi connectivity index (χ1) is 11.0. The molecule has 23 heavy (non-hydrogen) atoms. The molecule has 0 radical (unpaired) electrons. The minimum Gasteiger partial charge on any atom is -0.359 e. The first-order valence-electron chi connectivity index (χ1n) is 8.10. The van der Waals surface area contributed by atoms with Crippen LogP contribution in [0.2, 0.25) is 0 Å². The van der Waals surface area contributed by atoms with Gasteiger partial charge in [-0.1, -0.05) is 22.9 Å². The molecule has 0 aliphatic carbocycles. The topological polar surface area (TPSA) is 58.4 Å². The molecule has 0 unspecified atom stereocenters. The number of carbonyl (C=O) groups excluding carboxylic acids is 1. The monoisotopic (exact) mass is 313 g/mol. The summed E-state index contributed by atoms with van der Waals surface area (Å²) in [6.07, 6.45) is 2.46. The molecule has 1 aliphatic heterocycles. The number of anilines is 1. The van der Waals surface area contributed by atoms with Gasteiger partial charge in [-0.05, 0) is 57.8 Å². The maximum atomic E-state index is 12.4. The fraction of sp³-hybridized carbons (Fsp3) is 0.444. The summed E-state index contributed by atoms with van der Waals surface area (Å²) in [5.74, 6) is 0.519. The SMILES string of the molecule is Cc1cc(C)c(NC(=O)c2cc(CN3CCCC3)on2)c(C)c1. The van der Waals surface area contributed by atoms with E-state index in [0.29, 0.717) is 5.69 Å². The van der Waals surface area contributed by atoms with Crippen molar-refractivity contribution >= 4 is 11.6 Å². The summed E-state index contributed by atoms with van der Waals surface area (Å²) in [6.45, 7) is 8.94. The Morgan fingerprint density at radius 1 is 1.17 bits per heavy atom. The van der Waals surface area contributed by atoms with Crippen molar-refractivity contribution in [3.8, 4) is 0 Å². The predicted octanol–water partition coefficient (Wildman–Crippen LogP) is 3.45. The van der Waals surface area contributed by atoms with Crippen molar-refractivity contribution in [2.24, 2.45) is 0 Å². The minimum absolute atomic E-state index is 0.225. The van der Waals surface area contributed by atoms with E-state index in [1.807, 2.05) is 20.8 Å². The van der Waals surface area contributed by atoms with Crippen LogP contribution in [0.25, 0.3) is 0 Å². The molecule has 1 aromatic heterocycles. The largest absolute Gasteiger partial charge is 0.359 e. The van der Waals surface area contributed by atoms with Gasteiger partial charge in [-0.3, -0.25) is 9.69 Å². The van der Waals surface area contributed by atoms with E-state index < -0.39 is 0 Å². The Kier molecular flexibility index (Phi) is 4.48. The zero-order valence-corrected chi connectivity index (χ0v) is 14.0. The van der Waals surface area contributed by atoms with Gasteiger partial charge in [0.15, 0.2) is 11.5 Å². The average molecular weight is 313 g/mol. The van der Waals surface area contributed by atoms with E-state index in [4.69, 9.17) is 4.52 Å². The van der Waals surface area contributed by atoms with Gasteiger partial charge in [0.2, 0.25) is 0 Å². The molecule has 1 fully saturated rings. The van der Waals surface area contributed by atoms with Crippen LogP contribution in [0.4, 0.5) is 5.69 Å². The third-order valence-electron chi connectivity index (χ3n) is 4.29. The Bertz CT molecular complexity index is 692. The smallest absolute Gasteiger partial charge is 0.277 e. The van der Waals surface area contributed by atoms with Gasteiger partial charge in [0.1, 0.15) is 0 Å². The molecule has 1 N–H and O–H groups in total. The molecule has 122 valence electrons. The molecule has 0 atom stereocenters. The van der Waals surface area contributed by atoms with Crippen molar-refractivity contribution in [2.45, 2.75) is 40.2 Å². The predicted molar refractivity (Wildman–Crippen MR) is 89.6 cm³/mol. The molecular weight excluding hydrogens is 290 g/mol. The highest BCUT2D eigenvalue weighted by molar-refractivity contribution is 6.03. The van der Waals surface area contributed by atoms with Crippen molar-refractivity contribution in [3.63, 3.8) is 0 Å². The van der Waals surface area contributed by atoms with Crippen LogP contribution in [0.5, 0.6) is 0 Å². The molecule has 5 nitrogen and oxygen atoms in total. The average Bonchev–Trinajstić information content (AvgIpc) is 3.15. The third-order valence-corrected chi connectivity index (χ3v) is 4.29. The molecule has 1 saturated heterocycles. The van der Waals surface area contributed by atoms with Crippen LogP contribution in [0.15, 0.2) is 22.7 Å². The first kappa shape index (κ1) is 15.7. The lowest BCUT2D eigenvalue weighted by molar-refractivity contribution is 0.101. The van der Waals surface area contributed by atoms with Gasteiger partial charge in [-0.2, -0.15) is 0 Å². The van der Waals surface area contributed by atoms with Gasteiger partial charge in [-0.15, -0.1) is 0 Å². The summed E-state index contributed by atoms with van der Waals surface area (Å²) in [4.78, 5) is 14.7. The molecule has 0 saturated carbocycles. The van der Waals surface area contributed by atoms with Crippen molar-refractivity contribution in [1.29, 1.82) is 0 Å². The van der Waals surface area contributed by atoms with Gasteiger partial charge in [0.25, 0.3) is 5.91 Å². The molecule has 0 spiro atoms. The Balaban J connectivity index is 1.70. The summed E-state index contributed by atoms with van der Waals surface area (Å²) < 4.78 is 5.31. The summed E-state index contributed by atoms with van der Waals surface area (Å²) in [5.41, 5.74) is 4.48. The maximum Gasteiger partial charge on any atom is 0.277 e. The number of nitrogens with zero attached hydrogens (tertiary/aromatic N) is 2. The lowest BCUT2D eigenvalue weighted by atomic mass is 10.1. The zero-order chi connectivity index (χ0) is 16.4. The van der Waals surface area contributed by atoms with Gasteiger partial charge < -0.3 is 9.84 Å². The fourth-order valence-electron chi connectivity index (χ4n) is 3.21. The molecule has 1 aliphatic rings. The molecule has 5 heteroatoms. The Labute approximate surface area is 136 Å². The third kappa shape index (κ3) is 3.62. The van der Waals surface area contributed by atoms with Gasteiger partial charge in [0, 0.05) is 11.8 Å². The van der Waals surface area contributed by atoms with E-state index in [0.717, 1.165) is 42.2 Å². The standard InChI is InChI=1S/C18H23N3O2/c1-12-8-13(2)17(14(3)9-12)19-18(22)16-10-15(23-20-16)11-21-6-4-5-7-21/h8-10H,4-7,11H2,1-3H3,(H,19,22). The highest BCUT2D eigenvalue weighted by Gasteiger charge is 2.18. The van der Waals surface area contributed by atoms with Crippen molar-refractivity contribution in [3.05, 3.63) is 46.3 Å². The number of hydrogen-bond donors (Lipinski definition) is 1. The van der Waals surface area contributed by atoms with Gasteiger partial charge in [-0.25, -0.2) is 0 Å². The Hall–Kier alpha value is -2.14. The molecule has 2 aromatic rings. The lowest BCUT2D eigenvalue weighted by Gasteiger charge is -2.11. The van der Waals surface area contributed by atoms with Gasteiger partial charge in [0.05, 0.1) is 6.54 Å². The second kappa shape index (κ2) is 6.54. The Morgan fingerprint density at radius 3 is 2.48 bits per heavy atom. The van der Waals surface area contributed by atoms with Crippen LogP contribution in [0.3, 0.4) is 0 Å². The fourth-order valence-corrected chi connectivity index (χ4v) is 3.21. The lowest BCUT2D eigenvalue weighted by Crippen LogP contribution is -2.18. The second-order valence-electron chi connectivity index (χ2n) is 6.39. The van der Waals surface area contributed by atoms with E-state index in [-0.39, 0.29) is 5.91 Å². The van der Waals surface area contributed by atoms with E-state index >= 15 is 0 Å². The number of aromatic nitrogens is 1. The number of carbonyl (C=O) groups is 1. The zero-order valence-electron chi connectivity index (χ0n) is 14.0. The molecule has 1 amide bonds. The summed E-state index contributed by atoms with van der Waals surface area (Å²) >= 11 is 0. The molecule has 3 rings (SSSR count). The van der Waals surface area contributed by atoms with Crippen molar-refractivity contribution in [1.82, 2.24) is 10.1 Å². The van der Waals surface area contributed by atoms with Crippen LogP contribution < -0.4 is 5.32 Å². The highest BCUT2D eigenvalue weighted by atomic mass is 16.5. The van der Waals surface area contributed by atoms with E-state index in [1.165, 1.54) is 18.4 Å². The maximum absolute atomic E-state index is 12.4. The van der Waals surface area contributed by atoms with E-state index in [1.54, 1.807) is 6.07 Å². The first-order valence-corrected chi connectivity index (χ1v) is 8.10. The number of aryl methyl sites for hydroxylation is 3. The number of nitrogens with one attached hydrogen (secondary N) is 1. The summed E-state index contributed by atoms with van der Waals surface area (Å²) in [5, 5.41) is 6.87. The molecule has 0 bridgehead atoms. The number of hydrogen-bond acceptors (Lipinski definition) is 4. The van der Waals surface area contributed by atoms with Crippen molar-refractivity contribution in [2.75, 3.05) is 18.4 Å². The quantitative estimate of drug-likeness (QED) is 0.939. The summed E-state index contributed by atoms with van der Waals surface area (Å²) in [7, 11) is 0. The van der Waals surface area contributed by atoms with Crippen LogP contribution in [-0.2, 0) is 6.54 Å². The van der Waals surface area contributed by atoms with Crippen LogP contribution >= 0.6 is 0 Å². The summed E-state index contributed by atoms with van der Waals surface area (Å²) in [6, 6.07) is 5.86. The van der Waals surface area contributed by atoms with Crippen LogP contribution in [-0.4, -0.2) is 29.1 Å². The number of rotatable bonds is 4. The molecule has 1 aromatic carbocycles. The Morgan fingerprint density at radius 2 is 1.83 bits per heavy atom. The highest BCUT2D eigenvalue weighted by Crippen LogP contribution is 2.23. The molecular formula is C18H23N3O2. The second-order valence-corrected chi connectivity index (χ2v) is 6.39. The molecule has 2 heterocycles. The normalized spacial score (nSPS) is 15.1. The number of amides is 1. The van der Waals surface area contributed by atoms with Crippen LogP contribution in [0, 0.1) is 20.8 Å². The van der Waals surface area contributed by atoms with Gasteiger partial charge >= 0.3 is 0 Å². The number of benzene rings is 1.